The smallest absolute Gasteiger partial charge is 0.189 e. The monoisotopic (exact) mass is 304 g/mol. The molecule has 0 bridgehead atoms. The molecule has 0 radical (unpaired) electrons. The summed E-state index contributed by atoms with van der Waals surface area (Å²) in [6.07, 6.45) is 1.63. The highest BCUT2D eigenvalue weighted by molar-refractivity contribution is 7.10. The summed E-state index contributed by atoms with van der Waals surface area (Å²) in [7, 11) is 0. The van der Waals surface area contributed by atoms with Crippen LogP contribution >= 0.6 is 11.3 Å². The van der Waals surface area contributed by atoms with Gasteiger partial charge in [0, 0.05) is 23.7 Å². The van der Waals surface area contributed by atoms with E-state index < -0.39 is 0 Å². The van der Waals surface area contributed by atoms with Gasteiger partial charge in [0.2, 0.25) is 0 Å². The fourth-order valence-corrected chi connectivity index (χ4v) is 3.19. The van der Waals surface area contributed by atoms with Crippen molar-refractivity contribution in [2.24, 2.45) is 16.8 Å². The molecule has 0 spiro atoms. The van der Waals surface area contributed by atoms with E-state index in [0.29, 0.717) is 18.2 Å². The molecule has 2 rings (SSSR count). The zero-order valence-corrected chi connectivity index (χ0v) is 13.0. The predicted molar refractivity (Wildman–Crippen MR) is 85.5 cm³/mol. The minimum atomic E-state index is 0.0321. The Bertz CT molecular complexity index is 595. The van der Waals surface area contributed by atoms with Gasteiger partial charge < -0.3 is 16.3 Å². The topological polar surface area (TPSA) is 83.5 Å². The quantitative estimate of drug-likeness (QED) is 0.331. The van der Waals surface area contributed by atoms with Crippen molar-refractivity contribution in [3.8, 4) is 0 Å². The second kappa shape index (κ2) is 7.19. The Kier molecular flexibility index (Phi) is 5.30. The molecule has 0 saturated carbocycles. The average Bonchev–Trinajstić information content (AvgIpc) is 3.01. The van der Waals surface area contributed by atoms with Crippen LogP contribution in [0.1, 0.15) is 36.0 Å². The lowest BCUT2D eigenvalue weighted by molar-refractivity contribution is 0.318. The molecule has 0 aliphatic heterocycles. The standard InChI is InChI=1S/C15H20N4OS/c1-10(2)13(12-6-4-8-21-12)18-9-11-5-3-7-17-14(11)15(16)19-20/h3-8,10,13,18,20H,9H2,1-2H3,(H2,16,19). The lowest BCUT2D eigenvalue weighted by Crippen LogP contribution is -2.26. The molecule has 0 amide bonds. The molecular formula is C15H20N4OS. The van der Waals surface area contributed by atoms with Gasteiger partial charge in [-0.1, -0.05) is 31.1 Å². The molecule has 0 saturated heterocycles. The Morgan fingerprint density at radius 1 is 1.43 bits per heavy atom. The number of nitrogens with zero attached hydrogens (tertiary/aromatic N) is 2. The van der Waals surface area contributed by atoms with Crippen LogP contribution in [-0.4, -0.2) is 16.0 Å². The Labute approximate surface area is 128 Å². The van der Waals surface area contributed by atoms with E-state index in [1.165, 1.54) is 4.88 Å². The zero-order valence-electron chi connectivity index (χ0n) is 12.2. The highest BCUT2D eigenvalue weighted by Crippen LogP contribution is 2.26. The fraction of sp³-hybridized carbons (Fsp3) is 0.333. The van der Waals surface area contributed by atoms with Crippen molar-refractivity contribution in [1.29, 1.82) is 0 Å². The van der Waals surface area contributed by atoms with Gasteiger partial charge in [0.05, 0.1) is 0 Å². The largest absolute Gasteiger partial charge is 0.409 e. The third-order valence-electron chi connectivity index (χ3n) is 3.27. The minimum absolute atomic E-state index is 0.0321. The van der Waals surface area contributed by atoms with Crippen LogP contribution in [0.2, 0.25) is 0 Å². The fourth-order valence-electron chi connectivity index (χ4n) is 2.21. The highest BCUT2D eigenvalue weighted by atomic mass is 32.1. The Morgan fingerprint density at radius 2 is 2.24 bits per heavy atom. The molecule has 21 heavy (non-hydrogen) atoms. The lowest BCUT2D eigenvalue weighted by atomic mass is 10.0. The summed E-state index contributed by atoms with van der Waals surface area (Å²) in [5.41, 5.74) is 7.09. The minimum Gasteiger partial charge on any atom is -0.409 e. The molecule has 112 valence electrons. The third kappa shape index (κ3) is 3.80. The van der Waals surface area contributed by atoms with Crippen molar-refractivity contribution in [2.75, 3.05) is 0 Å². The second-order valence-corrected chi connectivity index (χ2v) is 6.09. The van der Waals surface area contributed by atoms with Crippen molar-refractivity contribution in [2.45, 2.75) is 26.4 Å². The Hall–Kier alpha value is -1.92. The number of hydrogen-bond acceptors (Lipinski definition) is 5. The van der Waals surface area contributed by atoms with E-state index in [2.05, 4.69) is 46.8 Å². The number of thiophene rings is 1. The van der Waals surface area contributed by atoms with Crippen LogP contribution < -0.4 is 11.1 Å². The van der Waals surface area contributed by atoms with Gasteiger partial charge >= 0.3 is 0 Å². The third-order valence-corrected chi connectivity index (χ3v) is 4.23. The van der Waals surface area contributed by atoms with E-state index in [0.717, 1.165) is 5.56 Å². The van der Waals surface area contributed by atoms with Gasteiger partial charge in [-0.15, -0.1) is 11.3 Å². The van der Waals surface area contributed by atoms with Crippen LogP contribution in [0.25, 0.3) is 0 Å². The molecule has 1 unspecified atom stereocenters. The van der Waals surface area contributed by atoms with Gasteiger partial charge in [0.25, 0.3) is 0 Å². The normalized spacial score (nSPS) is 13.6. The molecule has 2 aromatic heterocycles. The average molecular weight is 304 g/mol. The molecule has 2 heterocycles. The van der Waals surface area contributed by atoms with Crippen molar-refractivity contribution in [1.82, 2.24) is 10.3 Å². The van der Waals surface area contributed by atoms with Gasteiger partial charge in [-0.3, -0.25) is 4.98 Å². The predicted octanol–water partition coefficient (Wildman–Crippen LogP) is 2.72. The summed E-state index contributed by atoms with van der Waals surface area (Å²) in [5, 5.41) is 17.5. The molecule has 0 fully saturated rings. The van der Waals surface area contributed by atoms with Crippen molar-refractivity contribution in [3.05, 3.63) is 52.0 Å². The number of hydrogen-bond donors (Lipinski definition) is 3. The van der Waals surface area contributed by atoms with E-state index in [1.54, 1.807) is 17.5 Å². The highest BCUT2D eigenvalue weighted by Gasteiger charge is 2.17. The summed E-state index contributed by atoms with van der Waals surface area (Å²) in [4.78, 5) is 5.49. The summed E-state index contributed by atoms with van der Waals surface area (Å²) >= 11 is 1.74. The zero-order chi connectivity index (χ0) is 15.2. The summed E-state index contributed by atoms with van der Waals surface area (Å²) < 4.78 is 0. The first kappa shape index (κ1) is 15.5. The molecule has 1 atom stereocenters. The van der Waals surface area contributed by atoms with Crippen LogP contribution in [0.15, 0.2) is 41.0 Å². The maximum Gasteiger partial charge on any atom is 0.189 e. The number of oxime groups is 1. The number of nitrogens with one attached hydrogen (secondary N) is 1. The first-order valence-corrected chi connectivity index (χ1v) is 7.70. The van der Waals surface area contributed by atoms with Crippen LogP contribution in [0.5, 0.6) is 0 Å². The number of pyridine rings is 1. The second-order valence-electron chi connectivity index (χ2n) is 5.11. The number of nitrogens with two attached hydrogens (primary N) is 1. The lowest BCUT2D eigenvalue weighted by Gasteiger charge is -2.22. The first-order chi connectivity index (χ1) is 10.1. The van der Waals surface area contributed by atoms with Gasteiger partial charge in [0.15, 0.2) is 5.84 Å². The summed E-state index contributed by atoms with van der Waals surface area (Å²) in [6.45, 7) is 4.98. The number of rotatable bonds is 6. The molecule has 5 nitrogen and oxygen atoms in total. The molecule has 0 aliphatic rings. The Morgan fingerprint density at radius 3 is 2.86 bits per heavy atom. The van der Waals surface area contributed by atoms with Gasteiger partial charge in [-0.05, 0) is 29.0 Å². The van der Waals surface area contributed by atoms with E-state index in [4.69, 9.17) is 10.9 Å². The van der Waals surface area contributed by atoms with E-state index in [-0.39, 0.29) is 11.9 Å². The van der Waals surface area contributed by atoms with Crippen LogP contribution in [-0.2, 0) is 6.54 Å². The summed E-state index contributed by atoms with van der Waals surface area (Å²) in [5.74, 6) is 0.497. The van der Waals surface area contributed by atoms with Gasteiger partial charge in [-0.2, -0.15) is 0 Å². The van der Waals surface area contributed by atoms with Crippen LogP contribution in [0.3, 0.4) is 0 Å². The van der Waals surface area contributed by atoms with Gasteiger partial charge in [-0.25, -0.2) is 0 Å². The SMILES string of the molecule is CC(C)C(NCc1cccnc1C(N)=NO)c1cccs1. The maximum atomic E-state index is 8.83. The van der Waals surface area contributed by atoms with E-state index >= 15 is 0 Å². The molecule has 6 heteroatoms. The maximum absolute atomic E-state index is 8.83. The van der Waals surface area contributed by atoms with Crippen molar-refractivity contribution in [3.63, 3.8) is 0 Å². The van der Waals surface area contributed by atoms with Gasteiger partial charge in [0.1, 0.15) is 5.69 Å². The molecule has 0 aliphatic carbocycles. The number of aromatic nitrogens is 1. The van der Waals surface area contributed by atoms with Crippen LogP contribution in [0, 0.1) is 5.92 Å². The molecular weight excluding hydrogens is 284 g/mol. The van der Waals surface area contributed by atoms with Crippen molar-refractivity contribution >= 4 is 17.2 Å². The van der Waals surface area contributed by atoms with E-state index in [9.17, 15) is 0 Å². The molecule has 0 aromatic carbocycles. The van der Waals surface area contributed by atoms with Crippen LogP contribution in [0.4, 0.5) is 0 Å². The van der Waals surface area contributed by atoms with Crippen molar-refractivity contribution < 1.29 is 5.21 Å². The summed E-state index contributed by atoms with van der Waals surface area (Å²) in [6, 6.07) is 8.24. The molecule has 4 N–H and O–H groups in total. The first-order valence-electron chi connectivity index (χ1n) is 6.82. The Balaban J connectivity index is 2.15. The van der Waals surface area contributed by atoms with E-state index in [1.807, 2.05) is 12.1 Å². The molecule has 2 aromatic rings. The number of amidine groups is 1.